The molecule has 0 atom stereocenters. The van der Waals surface area contributed by atoms with Crippen molar-refractivity contribution in [2.75, 3.05) is 25.5 Å². The maximum absolute atomic E-state index is 12.6. The smallest absolute Gasteiger partial charge is 0.253 e. The predicted molar refractivity (Wildman–Crippen MR) is 77.6 cm³/mol. The molecule has 3 heteroatoms. The summed E-state index contributed by atoms with van der Waals surface area (Å²) in [6, 6.07) is 6.05. The number of anilines is 1. The van der Waals surface area contributed by atoms with E-state index in [1.54, 1.807) is 0 Å². The number of rotatable bonds is 3. The minimum absolute atomic E-state index is 0.187. The van der Waals surface area contributed by atoms with Crippen LogP contribution in [0.5, 0.6) is 0 Å². The minimum atomic E-state index is 0.187. The molecule has 0 radical (unpaired) electrons. The number of carbonyl (C=O) groups is 1. The van der Waals surface area contributed by atoms with Gasteiger partial charge in [-0.3, -0.25) is 4.79 Å². The molecule has 1 heterocycles. The summed E-state index contributed by atoms with van der Waals surface area (Å²) in [5, 5.41) is 3.39. The number of hydrogen-bond donors (Lipinski definition) is 1. The second-order valence-corrected chi connectivity index (χ2v) is 5.84. The summed E-state index contributed by atoms with van der Waals surface area (Å²) in [5.74, 6) is 0.916. The molecule has 1 aliphatic carbocycles. The van der Waals surface area contributed by atoms with Crippen molar-refractivity contribution in [2.24, 2.45) is 5.92 Å². The fraction of sp³-hybridized carbons (Fsp3) is 0.562. The molecule has 1 saturated carbocycles. The normalized spacial score (nSPS) is 18.2. The quantitative estimate of drug-likeness (QED) is 0.904. The van der Waals surface area contributed by atoms with E-state index in [2.05, 4.69) is 11.4 Å². The van der Waals surface area contributed by atoms with Gasteiger partial charge in [-0.15, -0.1) is 0 Å². The van der Waals surface area contributed by atoms with Crippen LogP contribution < -0.4 is 5.32 Å². The highest BCUT2D eigenvalue weighted by Gasteiger charge is 2.24. The molecule has 1 aromatic carbocycles. The van der Waals surface area contributed by atoms with Crippen molar-refractivity contribution < 1.29 is 4.79 Å². The molecule has 0 unspecified atom stereocenters. The topological polar surface area (TPSA) is 32.3 Å². The number of fused-ring (bicyclic) bond motifs is 1. The van der Waals surface area contributed by atoms with Gasteiger partial charge in [-0.05, 0) is 49.3 Å². The number of carbonyl (C=O) groups excluding carboxylic acids is 1. The van der Waals surface area contributed by atoms with Crippen LogP contribution in [-0.2, 0) is 6.42 Å². The van der Waals surface area contributed by atoms with E-state index in [1.165, 1.54) is 24.8 Å². The first-order chi connectivity index (χ1) is 9.25. The van der Waals surface area contributed by atoms with Gasteiger partial charge < -0.3 is 10.2 Å². The van der Waals surface area contributed by atoms with Crippen LogP contribution in [0.25, 0.3) is 0 Å². The van der Waals surface area contributed by atoms with E-state index in [0.717, 1.165) is 43.1 Å². The van der Waals surface area contributed by atoms with Crippen molar-refractivity contribution in [3.8, 4) is 0 Å². The number of benzene rings is 1. The van der Waals surface area contributed by atoms with E-state index in [1.807, 2.05) is 24.1 Å². The molecule has 1 fully saturated rings. The van der Waals surface area contributed by atoms with Crippen molar-refractivity contribution in [2.45, 2.75) is 32.1 Å². The summed E-state index contributed by atoms with van der Waals surface area (Å²) in [6.07, 6.45) is 6.03. The first kappa shape index (κ1) is 12.5. The highest BCUT2D eigenvalue weighted by molar-refractivity contribution is 5.97. The Kier molecular flexibility index (Phi) is 3.45. The maximum atomic E-state index is 12.6. The number of amides is 1. The second-order valence-electron chi connectivity index (χ2n) is 5.84. The van der Waals surface area contributed by atoms with Crippen LogP contribution in [0.1, 0.15) is 41.6 Å². The minimum Gasteiger partial charge on any atom is -0.385 e. The zero-order chi connectivity index (χ0) is 13.2. The number of nitrogens with one attached hydrogen (secondary N) is 1. The van der Waals surface area contributed by atoms with Crippen LogP contribution >= 0.6 is 0 Å². The molecule has 3 rings (SSSR count). The lowest BCUT2D eigenvalue weighted by atomic mass is 9.85. The first-order valence-corrected chi connectivity index (χ1v) is 7.37. The fourth-order valence-electron chi connectivity index (χ4n) is 3.06. The zero-order valence-corrected chi connectivity index (χ0v) is 11.6. The Balaban J connectivity index is 1.78. The largest absolute Gasteiger partial charge is 0.385 e. The Morgan fingerprint density at radius 3 is 2.95 bits per heavy atom. The Morgan fingerprint density at radius 1 is 1.37 bits per heavy atom. The van der Waals surface area contributed by atoms with Crippen molar-refractivity contribution in [3.05, 3.63) is 29.3 Å². The van der Waals surface area contributed by atoms with E-state index in [0.29, 0.717) is 0 Å². The van der Waals surface area contributed by atoms with Gasteiger partial charge in [0.05, 0.1) is 0 Å². The van der Waals surface area contributed by atoms with Crippen LogP contribution in [-0.4, -0.2) is 30.9 Å². The Hall–Kier alpha value is -1.51. The third kappa shape index (κ3) is 2.46. The average Bonchev–Trinajstić information content (AvgIpc) is 2.41. The summed E-state index contributed by atoms with van der Waals surface area (Å²) >= 11 is 0. The summed E-state index contributed by atoms with van der Waals surface area (Å²) in [6.45, 7) is 1.93. The number of hydrogen-bond acceptors (Lipinski definition) is 2. The van der Waals surface area contributed by atoms with Gasteiger partial charge in [0.1, 0.15) is 0 Å². The summed E-state index contributed by atoms with van der Waals surface area (Å²) < 4.78 is 0. The molecule has 0 spiro atoms. The van der Waals surface area contributed by atoms with Gasteiger partial charge in [0, 0.05) is 31.4 Å². The van der Waals surface area contributed by atoms with Gasteiger partial charge in [-0.2, -0.15) is 0 Å². The molecule has 0 saturated heterocycles. The highest BCUT2D eigenvalue weighted by atomic mass is 16.2. The van der Waals surface area contributed by atoms with Gasteiger partial charge >= 0.3 is 0 Å². The zero-order valence-electron chi connectivity index (χ0n) is 11.6. The molecule has 2 aliphatic rings. The van der Waals surface area contributed by atoms with Crippen molar-refractivity contribution in [1.82, 2.24) is 4.90 Å². The van der Waals surface area contributed by atoms with Crippen molar-refractivity contribution in [1.29, 1.82) is 0 Å². The standard InChI is InChI=1S/C16H22N2O/c1-18(11-12-5-2-6-12)16(19)14-7-3-9-15-13(14)8-4-10-17-15/h3,7,9,12,17H,2,4-6,8,10-11H2,1H3. The molecule has 3 nitrogen and oxygen atoms in total. The van der Waals surface area contributed by atoms with E-state index in [-0.39, 0.29) is 5.91 Å². The monoisotopic (exact) mass is 258 g/mol. The fourth-order valence-corrected chi connectivity index (χ4v) is 3.06. The van der Waals surface area contributed by atoms with Gasteiger partial charge in [0.15, 0.2) is 0 Å². The second kappa shape index (κ2) is 5.24. The molecular weight excluding hydrogens is 236 g/mol. The predicted octanol–water partition coefficient (Wildman–Crippen LogP) is 2.92. The van der Waals surface area contributed by atoms with E-state index in [4.69, 9.17) is 0 Å². The van der Waals surface area contributed by atoms with Crippen LogP contribution in [0.3, 0.4) is 0 Å². The van der Waals surface area contributed by atoms with E-state index < -0.39 is 0 Å². The van der Waals surface area contributed by atoms with E-state index >= 15 is 0 Å². The van der Waals surface area contributed by atoms with Gasteiger partial charge in [-0.1, -0.05) is 12.5 Å². The van der Waals surface area contributed by atoms with E-state index in [9.17, 15) is 4.79 Å². The summed E-state index contributed by atoms with van der Waals surface area (Å²) in [5.41, 5.74) is 3.25. The molecule has 1 amide bonds. The third-order valence-electron chi connectivity index (χ3n) is 4.43. The molecule has 1 N–H and O–H groups in total. The third-order valence-corrected chi connectivity index (χ3v) is 4.43. The lowest BCUT2D eigenvalue weighted by Gasteiger charge is -2.31. The van der Waals surface area contributed by atoms with Crippen LogP contribution in [0.4, 0.5) is 5.69 Å². The maximum Gasteiger partial charge on any atom is 0.253 e. The lowest BCUT2D eigenvalue weighted by Crippen LogP contribution is -2.35. The molecular formula is C16H22N2O. The Morgan fingerprint density at radius 2 is 2.21 bits per heavy atom. The van der Waals surface area contributed by atoms with Crippen LogP contribution in [0.2, 0.25) is 0 Å². The van der Waals surface area contributed by atoms with Gasteiger partial charge in [0.25, 0.3) is 5.91 Å². The van der Waals surface area contributed by atoms with Crippen LogP contribution in [0.15, 0.2) is 18.2 Å². The van der Waals surface area contributed by atoms with Crippen molar-refractivity contribution >= 4 is 11.6 Å². The molecule has 19 heavy (non-hydrogen) atoms. The van der Waals surface area contributed by atoms with Crippen molar-refractivity contribution in [3.63, 3.8) is 0 Å². The van der Waals surface area contributed by atoms with Gasteiger partial charge in [0.2, 0.25) is 0 Å². The average molecular weight is 258 g/mol. The van der Waals surface area contributed by atoms with Crippen LogP contribution in [0, 0.1) is 5.92 Å². The lowest BCUT2D eigenvalue weighted by molar-refractivity contribution is 0.0744. The molecule has 0 aromatic heterocycles. The summed E-state index contributed by atoms with van der Waals surface area (Å²) in [7, 11) is 1.94. The first-order valence-electron chi connectivity index (χ1n) is 7.37. The molecule has 1 aromatic rings. The molecule has 1 aliphatic heterocycles. The molecule has 102 valence electrons. The highest BCUT2D eigenvalue weighted by Crippen LogP contribution is 2.29. The number of nitrogens with zero attached hydrogens (tertiary/aromatic N) is 1. The Bertz CT molecular complexity index is 480. The molecule has 0 bridgehead atoms. The summed E-state index contributed by atoms with van der Waals surface area (Å²) in [4.78, 5) is 14.5. The van der Waals surface area contributed by atoms with Gasteiger partial charge in [-0.25, -0.2) is 0 Å². The SMILES string of the molecule is CN(CC1CCC1)C(=O)c1cccc2c1CCCN2. The Labute approximate surface area is 115 Å².